The van der Waals surface area contributed by atoms with Crippen molar-refractivity contribution in [2.24, 2.45) is 7.05 Å². The highest BCUT2D eigenvalue weighted by molar-refractivity contribution is 7.08. The molecule has 0 saturated carbocycles. The summed E-state index contributed by atoms with van der Waals surface area (Å²) in [5, 5.41) is 5.39. The maximum atomic E-state index is 13.6. The van der Waals surface area contributed by atoms with Crippen LogP contribution in [0.15, 0.2) is 77.5 Å². The van der Waals surface area contributed by atoms with E-state index in [4.69, 9.17) is 0 Å². The SMILES string of the molecule is Cn1c2c(c3ccccc31)C(c1ccsc1)=CCN(Cc1ccccc1)C2=O. The molecule has 0 saturated heterocycles. The van der Waals surface area contributed by atoms with Crippen LogP contribution in [0.5, 0.6) is 0 Å². The number of amides is 1. The van der Waals surface area contributed by atoms with E-state index in [2.05, 4.69) is 51.7 Å². The van der Waals surface area contributed by atoms with E-state index in [-0.39, 0.29) is 5.91 Å². The first kappa shape index (κ1) is 17.0. The van der Waals surface area contributed by atoms with Crippen molar-refractivity contribution in [2.75, 3.05) is 6.54 Å². The number of thiophene rings is 1. The Morgan fingerprint density at radius 1 is 1.00 bits per heavy atom. The van der Waals surface area contributed by atoms with Gasteiger partial charge in [-0.1, -0.05) is 54.6 Å². The smallest absolute Gasteiger partial charge is 0.271 e. The van der Waals surface area contributed by atoms with E-state index in [0.717, 1.165) is 33.3 Å². The Morgan fingerprint density at radius 3 is 2.57 bits per heavy atom. The van der Waals surface area contributed by atoms with Gasteiger partial charge in [-0.05, 0) is 39.6 Å². The summed E-state index contributed by atoms with van der Waals surface area (Å²) in [7, 11) is 2.00. The van der Waals surface area contributed by atoms with Gasteiger partial charge in [-0.2, -0.15) is 11.3 Å². The summed E-state index contributed by atoms with van der Waals surface area (Å²) in [6, 6.07) is 20.6. The minimum Gasteiger partial charge on any atom is -0.339 e. The molecule has 5 rings (SSSR count). The van der Waals surface area contributed by atoms with Gasteiger partial charge in [0.15, 0.2) is 0 Å². The lowest BCUT2D eigenvalue weighted by atomic mass is 9.97. The highest BCUT2D eigenvalue weighted by atomic mass is 32.1. The number of para-hydroxylation sites is 1. The average Bonchev–Trinajstić information content (AvgIpc) is 3.32. The Kier molecular flexibility index (Phi) is 4.14. The molecule has 0 N–H and O–H groups in total. The van der Waals surface area contributed by atoms with Crippen molar-refractivity contribution in [1.82, 2.24) is 9.47 Å². The quantitative estimate of drug-likeness (QED) is 0.469. The molecule has 0 spiro atoms. The second kappa shape index (κ2) is 6.80. The maximum Gasteiger partial charge on any atom is 0.271 e. The number of rotatable bonds is 3. The number of carbonyl (C=O) groups is 1. The summed E-state index contributed by atoms with van der Waals surface area (Å²) in [4.78, 5) is 15.6. The molecular weight excluding hydrogens is 364 g/mol. The van der Waals surface area contributed by atoms with Crippen LogP contribution < -0.4 is 0 Å². The van der Waals surface area contributed by atoms with Crippen LogP contribution in [0, 0.1) is 0 Å². The predicted octanol–water partition coefficient (Wildman–Crippen LogP) is 5.33. The van der Waals surface area contributed by atoms with Crippen LogP contribution in [-0.2, 0) is 13.6 Å². The summed E-state index contributed by atoms with van der Waals surface area (Å²) in [5.41, 5.74) is 6.38. The van der Waals surface area contributed by atoms with E-state index in [1.165, 1.54) is 5.56 Å². The van der Waals surface area contributed by atoms with Crippen molar-refractivity contribution < 1.29 is 4.79 Å². The zero-order valence-electron chi connectivity index (χ0n) is 15.6. The number of aryl methyl sites for hydroxylation is 1. The van der Waals surface area contributed by atoms with E-state index in [1.807, 2.05) is 42.3 Å². The first-order chi connectivity index (χ1) is 13.7. The molecule has 2 aromatic heterocycles. The second-order valence-corrected chi connectivity index (χ2v) is 7.88. The number of fused-ring (bicyclic) bond motifs is 3. The zero-order chi connectivity index (χ0) is 19.1. The second-order valence-electron chi connectivity index (χ2n) is 7.10. The molecule has 1 aliphatic rings. The van der Waals surface area contributed by atoms with Crippen LogP contribution in [0.1, 0.15) is 27.2 Å². The van der Waals surface area contributed by atoms with E-state index in [1.54, 1.807) is 11.3 Å². The molecule has 1 aliphatic heterocycles. The van der Waals surface area contributed by atoms with Crippen molar-refractivity contribution in [3.05, 3.63) is 99.9 Å². The highest BCUT2D eigenvalue weighted by Gasteiger charge is 2.30. The van der Waals surface area contributed by atoms with Gasteiger partial charge in [0.05, 0.1) is 0 Å². The molecular formula is C24H20N2OS. The van der Waals surface area contributed by atoms with Crippen molar-refractivity contribution in [1.29, 1.82) is 0 Å². The average molecular weight is 385 g/mol. The third-order valence-corrected chi connectivity index (χ3v) is 6.11. The van der Waals surface area contributed by atoms with E-state index in [9.17, 15) is 4.79 Å². The van der Waals surface area contributed by atoms with Gasteiger partial charge in [0, 0.05) is 36.6 Å². The first-order valence-electron chi connectivity index (χ1n) is 9.38. The van der Waals surface area contributed by atoms with E-state index in [0.29, 0.717) is 13.1 Å². The number of hydrogen-bond acceptors (Lipinski definition) is 2. The number of aromatic nitrogens is 1. The normalized spacial score (nSPS) is 14.1. The molecule has 4 aromatic rings. The number of carbonyl (C=O) groups excluding carboxylic acids is 1. The Labute approximate surface area is 168 Å². The van der Waals surface area contributed by atoms with Gasteiger partial charge < -0.3 is 9.47 Å². The lowest BCUT2D eigenvalue weighted by molar-refractivity contribution is 0.0755. The van der Waals surface area contributed by atoms with Crippen LogP contribution >= 0.6 is 11.3 Å². The molecule has 0 radical (unpaired) electrons. The molecule has 3 heterocycles. The number of benzene rings is 2. The van der Waals surface area contributed by atoms with Crippen LogP contribution in [0.2, 0.25) is 0 Å². The van der Waals surface area contributed by atoms with Crippen molar-refractivity contribution in [3.8, 4) is 0 Å². The predicted molar refractivity (Wildman–Crippen MR) is 115 cm³/mol. The minimum absolute atomic E-state index is 0.0824. The monoisotopic (exact) mass is 384 g/mol. The Hall–Kier alpha value is -3.11. The van der Waals surface area contributed by atoms with Gasteiger partial charge >= 0.3 is 0 Å². The lowest BCUT2D eigenvalue weighted by Gasteiger charge is -2.21. The maximum absolute atomic E-state index is 13.6. The van der Waals surface area contributed by atoms with Crippen molar-refractivity contribution in [3.63, 3.8) is 0 Å². The Bertz CT molecular complexity index is 1190. The fraction of sp³-hybridized carbons (Fsp3) is 0.125. The topological polar surface area (TPSA) is 25.2 Å². The number of nitrogens with zero attached hydrogens (tertiary/aromatic N) is 2. The van der Waals surface area contributed by atoms with Crippen molar-refractivity contribution in [2.45, 2.75) is 6.54 Å². The highest BCUT2D eigenvalue weighted by Crippen LogP contribution is 2.38. The van der Waals surface area contributed by atoms with Crippen LogP contribution in [-0.4, -0.2) is 21.9 Å². The largest absolute Gasteiger partial charge is 0.339 e. The molecule has 0 bridgehead atoms. The standard InChI is InChI=1S/C24H20N2OS/c1-25-21-10-6-5-9-20(21)22-19(18-12-14-28-16-18)11-13-26(24(27)23(22)25)15-17-7-3-2-4-8-17/h2-12,14,16H,13,15H2,1H3. The lowest BCUT2D eigenvalue weighted by Crippen LogP contribution is -2.31. The molecule has 28 heavy (non-hydrogen) atoms. The van der Waals surface area contributed by atoms with Gasteiger partial charge in [-0.3, -0.25) is 4.79 Å². The van der Waals surface area contributed by atoms with Gasteiger partial charge in [0.1, 0.15) is 5.69 Å². The van der Waals surface area contributed by atoms with Gasteiger partial charge in [-0.15, -0.1) is 0 Å². The fourth-order valence-corrected chi connectivity index (χ4v) is 4.73. The van der Waals surface area contributed by atoms with E-state index < -0.39 is 0 Å². The molecule has 0 aliphatic carbocycles. The zero-order valence-corrected chi connectivity index (χ0v) is 16.4. The van der Waals surface area contributed by atoms with Crippen LogP contribution in [0.3, 0.4) is 0 Å². The Morgan fingerprint density at radius 2 is 1.79 bits per heavy atom. The van der Waals surface area contributed by atoms with Crippen molar-refractivity contribution >= 4 is 33.7 Å². The summed E-state index contributed by atoms with van der Waals surface area (Å²) < 4.78 is 2.05. The van der Waals surface area contributed by atoms with Gasteiger partial charge in [0.2, 0.25) is 0 Å². The summed E-state index contributed by atoms with van der Waals surface area (Å²) in [6.45, 7) is 1.20. The molecule has 4 heteroatoms. The molecule has 0 fully saturated rings. The molecule has 0 atom stereocenters. The van der Waals surface area contributed by atoms with Crippen LogP contribution in [0.4, 0.5) is 0 Å². The third-order valence-electron chi connectivity index (χ3n) is 5.43. The fourth-order valence-electron chi connectivity index (χ4n) is 4.07. The summed E-state index contributed by atoms with van der Waals surface area (Å²) >= 11 is 1.68. The molecule has 0 unspecified atom stereocenters. The first-order valence-corrected chi connectivity index (χ1v) is 10.3. The molecule has 1 amide bonds. The summed E-state index contributed by atoms with van der Waals surface area (Å²) in [6.07, 6.45) is 2.21. The summed E-state index contributed by atoms with van der Waals surface area (Å²) in [5.74, 6) is 0.0824. The third kappa shape index (κ3) is 2.69. The number of hydrogen-bond donors (Lipinski definition) is 0. The molecule has 138 valence electrons. The van der Waals surface area contributed by atoms with Crippen LogP contribution in [0.25, 0.3) is 16.5 Å². The molecule has 3 nitrogen and oxygen atoms in total. The Balaban J connectivity index is 1.71. The van der Waals surface area contributed by atoms with E-state index >= 15 is 0 Å². The van der Waals surface area contributed by atoms with Gasteiger partial charge in [0.25, 0.3) is 5.91 Å². The molecule has 2 aromatic carbocycles. The van der Waals surface area contributed by atoms with Gasteiger partial charge in [-0.25, -0.2) is 0 Å². The minimum atomic E-state index is 0.0824.